The number of nitrogens with two attached hydrogens (primary N) is 1. The zero-order chi connectivity index (χ0) is 14.4. The van der Waals surface area contributed by atoms with E-state index in [0.29, 0.717) is 18.1 Å². The van der Waals surface area contributed by atoms with Gasteiger partial charge in [-0.15, -0.1) is 0 Å². The monoisotopic (exact) mass is 284 g/mol. The molecule has 0 bridgehead atoms. The van der Waals surface area contributed by atoms with Crippen LogP contribution >= 0.6 is 0 Å². The Morgan fingerprint density at radius 1 is 1.29 bits per heavy atom. The van der Waals surface area contributed by atoms with Crippen LogP contribution in [0.2, 0.25) is 0 Å². The average molecular weight is 284 g/mol. The van der Waals surface area contributed by atoms with Gasteiger partial charge in [-0.1, -0.05) is 5.16 Å². The van der Waals surface area contributed by atoms with E-state index >= 15 is 0 Å². The maximum Gasteiger partial charge on any atom is 0.258 e. The van der Waals surface area contributed by atoms with Crippen molar-refractivity contribution in [3.63, 3.8) is 0 Å². The van der Waals surface area contributed by atoms with E-state index in [-0.39, 0.29) is 5.91 Å². The van der Waals surface area contributed by atoms with Crippen molar-refractivity contribution in [1.82, 2.24) is 10.1 Å². The molecule has 108 valence electrons. The summed E-state index contributed by atoms with van der Waals surface area (Å²) in [6.45, 7) is 0. The van der Waals surface area contributed by atoms with Crippen LogP contribution in [0.15, 0.2) is 22.7 Å². The Bertz CT molecular complexity index is 718. The van der Waals surface area contributed by atoms with Gasteiger partial charge >= 0.3 is 0 Å². The van der Waals surface area contributed by atoms with Crippen molar-refractivity contribution in [2.45, 2.75) is 37.6 Å². The van der Waals surface area contributed by atoms with Crippen molar-refractivity contribution < 1.29 is 9.32 Å². The number of nitrogens with zero attached hydrogens (tertiary/aromatic N) is 2. The molecule has 21 heavy (non-hydrogen) atoms. The maximum absolute atomic E-state index is 11.4. The van der Waals surface area contributed by atoms with E-state index in [1.807, 2.05) is 18.2 Å². The molecule has 2 heterocycles. The van der Waals surface area contributed by atoms with Crippen LogP contribution in [-0.4, -0.2) is 16.0 Å². The molecule has 4 rings (SSSR count). The molecule has 1 aliphatic carbocycles. The number of nitrogens with one attached hydrogen (secondary N) is 1. The quantitative estimate of drug-likeness (QED) is 0.879. The molecule has 1 aliphatic heterocycles. The second kappa shape index (κ2) is 4.39. The first-order valence-corrected chi connectivity index (χ1v) is 7.20. The number of amides is 1. The number of carbonyl (C=O) groups excluding carboxylic acids is 1. The van der Waals surface area contributed by atoms with E-state index in [9.17, 15) is 4.79 Å². The fourth-order valence-corrected chi connectivity index (χ4v) is 2.84. The second-order valence-electron chi connectivity index (χ2n) is 5.85. The van der Waals surface area contributed by atoms with E-state index in [4.69, 9.17) is 10.3 Å². The summed E-state index contributed by atoms with van der Waals surface area (Å²) in [6.07, 6.45) is 4.16. The smallest absolute Gasteiger partial charge is 0.258 e. The summed E-state index contributed by atoms with van der Waals surface area (Å²) in [5.74, 6) is 1.14. The standard InChI is InChI=1S/C15H16N4O2/c16-15(6-1-7-15)14-18-13(21-19-14)10-2-4-11-9(8-10)3-5-12(20)17-11/h2,4,8H,1,3,5-7,16H2,(H,17,20). The summed E-state index contributed by atoms with van der Waals surface area (Å²) in [6, 6.07) is 5.76. The molecule has 0 spiro atoms. The Kier molecular flexibility index (Phi) is 2.62. The van der Waals surface area contributed by atoms with Gasteiger partial charge in [0.2, 0.25) is 5.91 Å². The molecule has 1 aromatic heterocycles. The van der Waals surface area contributed by atoms with Gasteiger partial charge in [-0.3, -0.25) is 4.79 Å². The van der Waals surface area contributed by atoms with Crippen LogP contribution in [0, 0.1) is 0 Å². The van der Waals surface area contributed by atoms with E-state index in [1.165, 1.54) is 0 Å². The predicted octanol–water partition coefficient (Wildman–Crippen LogP) is 1.96. The molecule has 0 unspecified atom stereocenters. The molecular formula is C15H16N4O2. The first kappa shape index (κ1) is 12.5. The fraction of sp³-hybridized carbons (Fsp3) is 0.400. The summed E-state index contributed by atoms with van der Waals surface area (Å²) in [4.78, 5) is 15.8. The Labute approximate surface area is 121 Å². The number of benzene rings is 1. The van der Waals surface area contributed by atoms with Crippen molar-refractivity contribution in [2.24, 2.45) is 5.73 Å². The van der Waals surface area contributed by atoms with Gasteiger partial charge < -0.3 is 15.6 Å². The first-order valence-electron chi connectivity index (χ1n) is 7.20. The van der Waals surface area contributed by atoms with Crippen molar-refractivity contribution in [1.29, 1.82) is 0 Å². The highest BCUT2D eigenvalue weighted by molar-refractivity contribution is 5.94. The first-order chi connectivity index (χ1) is 10.1. The van der Waals surface area contributed by atoms with Crippen LogP contribution in [0.5, 0.6) is 0 Å². The van der Waals surface area contributed by atoms with Crippen LogP contribution in [0.4, 0.5) is 5.69 Å². The SMILES string of the molecule is NC1(c2noc(-c3ccc4c(c3)CCC(=O)N4)n2)CCC1. The summed E-state index contributed by atoms with van der Waals surface area (Å²) in [5.41, 5.74) is 8.62. The second-order valence-corrected chi connectivity index (χ2v) is 5.85. The van der Waals surface area contributed by atoms with E-state index in [1.54, 1.807) is 0 Å². The molecule has 1 aromatic carbocycles. The summed E-state index contributed by atoms with van der Waals surface area (Å²) in [5, 5.41) is 6.89. The van der Waals surface area contributed by atoms with Crippen LogP contribution in [0.3, 0.4) is 0 Å². The van der Waals surface area contributed by atoms with E-state index in [0.717, 1.165) is 42.5 Å². The number of aryl methyl sites for hydroxylation is 1. The highest BCUT2D eigenvalue weighted by Crippen LogP contribution is 2.38. The highest BCUT2D eigenvalue weighted by Gasteiger charge is 2.39. The van der Waals surface area contributed by atoms with Gasteiger partial charge in [-0.05, 0) is 49.4 Å². The molecule has 1 saturated carbocycles. The highest BCUT2D eigenvalue weighted by atomic mass is 16.5. The lowest BCUT2D eigenvalue weighted by Crippen LogP contribution is -2.44. The molecule has 1 fully saturated rings. The lowest BCUT2D eigenvalue weighted by Gasteiger charge is -2.34. The minimum Gasteiger partial charge on any atom is -0.334 e. The van der Waals surface area contributed by atoms with Gasteiger partial charge in [0.1, 0.15) is 0 Å². The normalized spacial score (nSPS) is 19.6. The van der Waals surface area contributed by atoms with Gasteiger partial charge in [0.05, 0.1) is 5.54 Å². The van der Waals surface area contributed by atoms with Gasteiger partial charge in [0, 0.05) is 17.7 Å². The molecule has 0 atom stereocenters. The molecule has 6 nitrogen and oxygen atoms in total. The van der Waals surface area contributed by atoms with Gasteiger partial charge in [0.15, 0.2) is 5.82 Å². The zero-order valence-corrected chi connectivity index (χ0v) is 11.6. The number of carbonyl (C=O) groups is 1. The molecule has 6 heteroatoms. The number of aromatic nitrogens is 2. The number of rotatable bonds is 2. The van der Waals surface area contributed by atoms with Gasteiger partial charge in [-0.2, -0.15) is 4.98 Å². The lowest BCUT2D eigenvalue weighted by atomic mass is 9.77. The zero-order valence-electron chi connectivity index (χ0n) is 11.6. The topological polar surface area (TPSA) is 94.0 Å². The minimum absolute atomic E-state index is 0.0605. The third-order valence-electron chi connectivity index (χ3n) is 4.36. The van der Waals surface area contributed by atoms with Crippen molar-refractivity contribution in [3.8, 4) is 11.5 Å². The van der Waals surface area contributed by atoms with Crippen molar-refractivity contribution in [3.05, 3.63) is 29.6 Å². The Hall–Kier alpha value is -2.21. The number of hydrogen-bond donors (Lipinski definition) is 2. The van der Waals surface area contributed by atoms with Crippen LogP contribution < -0.4 is 11.1 Å². The van der Waals surface area contributed by atoms with Crippen molar-refractivity contribution >= 4 is 11.6 Å². The predicted molar refractivity (Wildman–Crippen MR) is 76.4 cm³/mol. The Balaban J connectivity index is 1.66. The van der Waals surface area contributed by atoms with Crippen LogP contribution in [0.1, 0.15) is 37.1 Å². The lowest BCUT2D eigenvalue weighted by molar-refractivity contribution is -0.116. The molecule has 2 aromatic rings. The van der Waals surface area contributed by atoms with E-state index in [2.05, 4.69) is 15.5 Å². The largest absolute Gasteiger partial charge is 0.334 e. The fourth-order valence-electron chi connectivity index (χ4n) is 2.84. The molecular weight excluding hydrogens is 268 g/mol. The van der Waals surface area contributed by atoms with E-state index < -0.39 is 5.54 Å². The summed E-state index contributed by atoms with van der Waals surface area (Å²) in [7, 11) is 0. The van der Waals surface area contributed by atoms with Crippen LogP contribution in [0.25, 0.3) is 11.5 Å². The molecule has 0 saturated heterocycles. The molecule has 0 radical (unpaired) electrons. The molecule has 3 N–H and O–H groups in total. The third kappa shape index (κ3) is 2.03. The van der Waals surface area contributed by atoms with Gasteiger partial charge in [0.25, 0.3) is 5.89 Å². The number of hydrogen-bond acceptors (Lipinski definition) is 5. The average Bonchev–Trinajstić information content (AvgIpc) is 2.94. The minimum atomic E-state index is -0.413. The molecule has 1 amide bonds. The summed E-state index contributed by atoms with van der Waals surface area (Å²) < 4.78 is 5.36. The Morgan fingerprint density at radius 3 is 2.90 bits per heavy atom. The summed E-state index contributed by atoms with van der Waals surface area (Å²) >= 11 is 0. The van der Waals surface area contributed by atoms with Crippen LogP contribution in [-0.2, 0) is 16.8 Å². The number of anilines is 1. The third-order valence-corrected chi connectivity index (χ3v) is 4.36. The van der Waals surface area contributed by atoms with Crippen molar-refractivity contribution in [2.75, 3.05) is 5.32 Å². The van der Waals surface area contributed by atoms with Gasteiger partial charge in [-0.25, -0.2) is 0 Å². The number of fused-ring (bicyclic) bond motifs is 1. The Morgan fingerprint density at radius 2 is 2.14 bits per heavy atom. The maximum atomic E-state index is 11.4. The molecule has 2 aliphatic rings.